The van der Waals surface area contributed by atoms with Crippen molar-refractivity contribution in [1.29, 1.82) is 0 Å². The number of halogens is 1. The molecule has 1 aromatic heterocycles. The Morgan fingerprint density at radius 2 is 1.32 bits per heavy atom. The second-order valence-corrected chi connectivity index (χ2v) is 6.28. The second-order valence-electron chi connectivity index (χ2n) is 4.84. The molecule has 0 aliphatic heterocycles. The summed E-state index contributed by atoms with van der Waals surface area (Å²) >= 11 is 6.23. The molecule has 1 heterocycles. The predicted molar refractivity (Wildman–Crippen MR) is 92.5 cm³/mol. The Labute approximate surface area is 136 Å². The molecule has 0 amide bonds. The van der Waals surface area contributed by atoms with Gasteiger partial charge in [0.15, 0.2) is 11.2 Å². The van der Waals surface area contributed by atoms with Crippen molar-refractivity contribution >= 4 is 19.8 Å². The van der Waals surface area contributed by atoms with E-state index in [1.165, 1.54) is 0 Å². The molecular weight excluding hydrogens is 315 g/mol. The zero-order valence-electron chi connectivity index (χ0n) is 12.0. The third-order valence-corrected chi connectivity index (χ3v) is 4.74. The molecule has 0 N–H and O–H groups in total. The van der Waals surface area contributed by atoms with Crippen LogP contribution in [0.1, 0.15) is 11.1 Å². The zero-order valence-corrected chi connectivity index (χ0v) is 13.7. The first-order chi connectivity index (χ1) is 10.8. The van der Waals surface area contributed by atoms with Gasteiger partial charge >= 0.3 is 0 Å². The van der Waals surface area contributed by atoms with Crippen molar-refractivity contribution in [1.82, 2.24) is 0 Å². The van der Waals surface area contributed by atoms with Gasteiger partial charge in [-0.1, -0.05) is 80.5 Å². The lowest BCUT2D eigenvalue weighted by Gasteiger charge is -2.10. The number of ether oxygens (including phenoxy) is 2. The molecular formula is C18H16ClO2P. The van der Waals surface area contributed by atoms with E-state index in [4.69, 9.17) is 21.1 Å². The molecule has 0 saturated heterocycles. The van der Waals surface area contributed by atoms with E-state index in [1.54, 1.807) is 0 Å². The summed E-state index contributed by atoms with van der Waals surface area (Å²) < 4.78 is 11.8. The van der Waals surface area contributed by atoms with Crippen molar-refractivity contribution in [3.63, 3.8) is 0 Å². The minimum atomic E-state index is 0.418. The van der Waals surface area contributed by atoms with Gasteiger partial charge in [0.05, 0.1) is 5.02 Å². The third kappa shape index (κ3) is 3.85. The van der Waals surface area contributed by atoms with Gasteiger partial charge in [0, 0.05) is 0 Å². The van der Waals surface area contributed by atoms with Crippen LogP contribution >= 0.6 is 19.8 Å². The van der Waals surface area contributed by atoms with Gasteiger partial charge in [-0.05, 0) is 16.9 Å². The average molecular weight is 331 g/mol. The molecule has 2 nitrogen and oxygen atoms in total. The third-order valence-electron chi connectivity index (χ3n) is 3.21. The van der Waals surface area contributed by atoms with Crippen LogP contribution in [0.5, 0.6) is 11.2 Å². The number of rotatable bonds is 6. The lowest BCUT2D eigenvalue weighted by atomic mass is 10.2. The fourth-order valence-electron chi connectivity index (χ4n) is 2.07. The van der Waals surface area contributed by atoms with E-state index in [0.717, 1.165) is 16.6 Å². The van der Waals surface area contributed by atoms with Crippen LogP contribution in [-0.2, 0) is 13.2 Å². The largest absolute Gasteiger partial charge is 0.483 e. The lowest BCUT2D eigenvalue weighted by molar-refractivity contribution is 0.263. The predicted octanol–water partition coefficient (Wildman–Crippen LogP) is 5.53. The maximum absolute atomic E-state index is 6.23. The molecule has 22 heavy (non-hydrogen) atoms. The van der Waals surface area contributed by atoms with Gasteiger partial charge in [0.2, 0.25) is 0 Å². The van der Waals surface area contributed by atoms with Gasteiger partial charge in [0.25, 0.3) is 0 Å². The Morgan fingerprint density at radius 1 is 0.773 bits per heavy atom. The van der Waals surface area contributed by atoms with Crippen molar-refractivity contribution in [3.8, 4) is 11.2 Å². The minimum Gasteiger partial charge on any atom is -0.483 e. The first-order valence-corrected chi connectivity index (χ1v) is 8.49. The molecule has 0 radical (unpaired) electrons. The molecule has 0 saturated carbocycles. The van der Waals surface area contributed by atoms with Crippen molar-refractivity contribution < 1.29 is 9.47 Å². The van der Waals surface area contributed by atoms with Gasteiger partial charge in [-0.25, -0.2) is 0 Å². The van der Waals surface area contributed by atoms with Crippen LogP contribution in [0.3, 0.4) is 0 Å². The molecule has 0 aliphatic carbocycles. The highest BCUT2D eigenvalue weighted by molar-refractivity contribution is 7.32. The highest BCUT2D eigenvalue weighted by Crippen LogP contribution is 2.45. The minimum absolute atomic E-state index is 0.418. The van der Waals surface area contributed by atoms with Crippen molar-refractivity contribution in [2.75, 3.05) is 0 Å². The summed E-state index contributed by atoms with van der Waals surface area (Å²) in [6, 6.07) is 20.1. The maximum atomic E-state index is 6.23. The summed E-state index contributed by atoms with van der Waals surface area (Å²) in [6.07, 6.45) is 0. The first-order valence-electron chi connectivity index (χ1n) is 7.03. The van der Waals surface area contributed by atoms with E-state index in [-0.39, 0.29) is 0 Å². The molecule has 1 atom stereocenters. The van der Waals surface area contributed by atoms with E-state index in [9.17, 15) is 0 Å². The van der Waals surface area contributed by atoms with E-state index < -0.39 is 0 Å². The molecule has 3 rings (SSSR count). The van der Waals surface area contributed by atoms with Crippen molar-refractivity contribution in [2.45, 2.75) is 13.2 Å². The van der Waals surface area contributed by atoms with E-state index >= 15 is 0 Å². The number of benzene rings is 2. The maximum Gasteiger partial charge on any atom is 0.184 e. The average Bonchev–Trinajstić information content (AvgIpc) is 2.93. The van der Waals surface area contributed by atoms with E-state index in [1.807, 2.05) is 66.5 Å². The Morgan fingerprint density at radius 3 is 1.91 bits per heavy atom. The monoisotopic (exact) mass is 330 g/mol. The van der Waals surface area contributed by atoms with Crippen LogP contribution in [0.2, 0.25) is 5.02 Å². The number of hydrogen-bond acceptors (Lipinski definition) is 2. The highest BCUT2D eigenvalue weighted by Gasteiger charge is 2.12. The first kappa shape index (κ1) is 15.0. The second kappa shape index (κ2) is 7.40. The summed E-state index contributed by atoms with van der Waals surface area (Å²) in [5, 5.41) is 0.636. The Hall–Kier alpha value is -1.89. The molecule has 1 unspecified atom stereocenters. The van der Waals surface area contributed by atoms with Crippen molar-refractivity contribution in [2.24, 2.45) is 0 Å². The fourth-order valence-corrected chi connectivity index (χ4v) is 3.34. The van der Waals surface area contributed by atoms with Crippen LogP contribution < -0.4 is 9.47 Å². The molecule has 0 fully saturated rings. The fraction of sp³-hybridized carbons (Fsp3) is 0.111. The van der Waals surface area contributed by atoms with Gasteiger partial charge < -0.3 is 9.47 Å². The SMILES string of the molecule is Clc1c[pH]c(OCc2ccccc2)c1OCc1ccccc1. The lowest BCUT2D eigenvalue weighted by Crippen LogP contribution is -1.98. The normalized spacial score (nSPS) is 10.8. The summed E-state index contributed by atoms with van der Waals surface area (Å²) in [5.41, 5.74) is 3.06. The number of hydrogen-bond donors (Lipinski definition) is 0. The van der Waals surface area contributed by atoms with Crippen LogP contribution in [0.4, 0.5) is 0 Å². The molecule has 3 aromatic rings. The molecule has 0 spiro atoms. The summed E-state index contributed by atoms with van der Waals surface area (Å²) in [6.45, 7) is 1.02. The van der Waals surface area contributed by atoms with Crippen LogP contribution in [0.25, 0.3) is 0 Å². The zero-order chi connectivity index (χ0) is 15.2. The molecule has 0 aliphatic rings. The molecule has 112 valence electrons. The summed E-state index contributed by atoms with van der Waals surface area (Å²) in [4.78, 5) is 0. The van der Waals surface area contributed by atoms with Crippen LogP contribution in [0.15, 0.2) is 66.5 Å². The Kier molecular flexibility index (Phi) is 5.05. The van der Waals surface area contributed by atoms with Crippen molar-refractivity contribution in [3.05, 3.63) is 82.6 Å². The standard InChI is InChI=1S/C18H16ClO2P/c19-16-13-22-18(21-12-15-9-5-2-6-10-15)17(16)20-11-14-7-3-1-4-8-14/h1-10,13,22H,11-12H2. The van der Waals surface area contributed by atoms with Crippen LogP contribution in [0, 0.1) is 0 Å². The highest BCUT2D eigenvalue weighted by atomic mass is 35.5. The Balaban J connectivity index is 1.65. The summed E-state index contributed by atoms with van der Waals surface area (Å²) in [5.74, 6) is 2.61. The smallest absolute Gasteiger partial charge is 0.184 e. The van der Waals surface area contributed by atoms with Gasteiger partial charge in [0.1, 0.15) is 13.2 Å². The van der Waals surface area contributed by atoms with Gasteiger partial charge in [-0.15, -0.1) is 0 Å². The molecule has 2 aromatic carbocycles. The summed E-state index contributed by atoms with van der Waals surface area (Å²) in [7, 11) is 0.418. The van der Waals surface area contributed by atoms with Gasteiger partial charge in [-0.3, -0.25) is 0 Å². The molecule has 4 heteroatoms. The topological polar surface area (TPSA) is 18.5 Å². The van der Waals surface area contributed by atoms with E-state index in [2.05, 4.69) is 0 Å². The Bertz CT molecular complexity index is 710. The quantitative estimate of drug-likeness (QED) is 0.591. The van der Waals surface area contributed by atoms with Gasteiger partial charge in [-0.2, -0.15) is 0 Å². The van der Waals surface area contributed by atoms with Crippen LogP contribution in [-0.4, -0.2) is 0 Å². The molecule has 0 bridgehead atoms. The van der Waals surface area contributed by atoms with E-state index in [0.29, 0.717) is 32.2 Å².